The number of halogens is 3. The van der Waals surface area contributed by atoms with Gasteiger partial charge in [-0.25, -0.2) is 9.78 Å². The molecule has 0 spiro atoms. The van der Waals surface area contributed by atoms with Crippen LogP contribution in [-0.4, -0.2) is 15.5 Å². The van der Waals surface area contributed by atoms with Crippen molar-refractivity contribution < 1.29 is 22.7 Å². The Morgan fingerprint density at radius 1 is 1.14 bits per heavy atom. The van der Waals surface area contributed by atoms with Crippen LogP contribution in [0.25, 0.3) is 10.9 Å². The Kier molecular flexibility index (Phi) is 5.13. The van der Waals surface area contributed by atoms with Gasteiger partial charge >= 0.3 is 12.1 Å². The van der Waals surface area contributed by atoms with Crippen LogP contribution in [-0.2, 0) is 24.1 Å². The molecule has 6 nitrogen and oxygen atoms in total. The normalized spacial score (nSPS) is 11.2. The van der Waals surface area contributed by atoms with Gasteiger partial charge in [-0.2, -0.15) is 18.4 Å². The third-order valence-corrected chi connectivity index (χ3v) is 3.95. The number of aromatic nitrogens is 2. The summed E-state index contributed by atoms with van der Waals surface area (Å²) in [7, 11) is 0. The van der Waals surface area contributed by atoms with Crippen molar-refractivity contribution in [3.63, 3.8) is 0 Å². The third kappa shape index (κ3) is 3.71. The Bertz CT molecular complexity index is 1150. The molecule has 0 radical (unpaired) electrons. The van der Waals surface area contributed by atoms with Crippen LogP contribution >= 0.6 is 0 Å². The highest BCUT2D eigenvalue weighted by molar-refractivity contribution is 5.91. The van der Waals surface area contributed by atoms with Gasteiger partial charge < -0.3 is 4.74 Å². The fraction of sp³-hybridized carbons (Fsp3) is 0.158. The zero-order chi connectivity index (χ0) is 20.3. The van der Waals surface area contributed by atoms with Crippen LogP contribution in [0.15, 0.2) is 53.3 Å². The van der Waals surface area contributed by atoms with Crippen LogP contribution in [0.5, 0.6) is 0 Å². The second kappa shape index (κ2) is 7.52. The first-order chi connectivity index (χ1) is 13.3. The molecular formula is C19H12F3N3O3. The number of para-hydroxylation sites is 1. The minimum Gasteiger partial charge on any atom is -0.454 e. The van der Waals surface area contributed by atoms with Gasteiger partial charge in [-0.05, 0) is 24.3 Å². The van der Waals surface area contributed by atoms with Crippen LogP contribution < -0.4 is 5.56 Å². The predicted molar refractivity (Wildman–Crippen MR) is 92.2 cm³/mol. The maximum atomic E-state index is 13.1. The Balaban J connectivity index is 1.94. The molecule has 0 fully saturated rings. The van der Waals surface area contributed by atoms with Crippen LogP contribution in [0.2, 0.25) is 0 Å². The summed E-state index contributed by atoms with van der Waals surface area (Å²) in [5.74, 6) is -1.25. The topological polar surface area (TPSA) is 85.0 Å². The summed E-state index contributed by atoms with van der Waals surface area (Å²) < 4.78 is 45.2. The van der Waals surface area contributed by atoms with Crippen LogP contribution in [0.4, 0.5) is 13.2 Å². The van der Waals surface area contributed by atoms with E-state index in [0.29, 0.717) is 5.52 Å². The second-order valence-corrected chi connectivity index (χ2v) is 5.71. The number of carbonyl (C=O) groups excluding carboxylic acids is 1. The predicted octanol–water partition coefficient (Wildman–Crippen LogP) is 3.30. The number of ether oxygens (including phenoxy) is 1. The summed E-state index contributed by atoms with van der Waals surface area (Å²) in [6.07, 6.45) is -4.72. The van der Waals surface area contributed by atoms with Gasteiger partial charge in [-0.1, -0.05) is 24.3 Å². The van der Waals surface area contributed by atoms with E-state index in [4.69, 9.17) is 10.00 Å². The Hall–Kier alpha value is -3.67. The van der Waals surface area contributed by atoms with Gasteiger partial charge in [0.05, 0.1) is 28.1 Å². The fourth-order valence-corrected chi connectivity index (χ4v) is 2.67. The molecule has 1 heterocycles. The average Bonchev–Trinajstić information content (AvgIpc) is 2.68. The summed E-state index contributed by atoms with van der Waals surface area (Å²) in [6, 6.07) is 12.4. The highest BCUT2D eigenvalue weighted by Gasteiger charge is 2.35. The van der Waals surface area contributed by atoms with Crippen molar-refractivity contribution >= 4 is 16.9 Å². The molecule has 28 heavy (non-hydrogen) atoms. The van der Waals surface area contributed by atoms with Crippen molar-refractivity contribution in [1.82, 2.24) is 9.55 Å². The molecule has 0 aliphatic heterocycles. The van der Waals surface area contributed by atoms with E-state index in [2.05, 4.69) is 4.98 Å². The standard InChI is InChI=1S/C19H12F3N3O3/c20-19(21,22)14-7-3-1-5-12(14)18(27)28-11-16-24-15-8-4-2-6-13(15)17(26)25(16)10-9-23/h1-8H,10-11H2. The van der Waals surface area contributed by atoms with E-state index in [9.17, 15) is 22.8 Å². The molecule has 0 bridgehead atoms. The lowest BCUT2D eigenvalue weighted by Gasteiger charge is -2.13. The molecule has 0 unspecified atom stereocenters. The van der Waals surface area contributed by atoms with Crippen molar-refractivity contribution in [2.75, 3.05) is 0 Å². The maximum Gasteiger partial charge on any atom is 0.417 e. The highest BCUT2D eigenvalue weighted by atomic mass is 19.4. The van der Waals surface area contributed by atoms with Gasteiger partial charge in [-0.15, -0.1) is 0 Å². The number of fused-ring (bicyclic) bond motifs is 1. The average molecular weight is 387 g/mol. The Labute approximate surface area is 156 Å². The molecule has 0 atom stereocenters. The number of benzene rings is 2. The number of nitrogens with zero attached hydrogens (tertiary/aromatic N) is 3. The fourth-order valence-electron chi connectivity index (χ4n) is 2.67. The third-order valence-electron chi connectivity index (χ3n) is 3.95. The molecule has 0 N–H and O–H groups in total. The largest absolute Gasteiger partial charge is 0.454 e. The minimum absolute atomic E-state index is 0.0388. The lowest BCUT2D eigenvalue weighted by atomic mass is 10.1. The van der Waals surface area contributed by atoms with Gasteiger partial charge in [0.15, 0.2) is 5.82 Å². The molecule has 3 rings (SSSR count). The van der Waals surface area contributed by atoms with Gasteiger partial charge in [0.2, 0.25) is 0 Å². The van der Waals surface area contributed by atoms with Crippen LogP contribution in [0.3, 0.4) is 0 Å². The van der Waals surface area contributed by atoms with Crippen molar-refractivity contribution in [3.8, 4) is 6.07 Å². The van der Waals surface area contributed by atoms with Gasteiger partial charge in [0, 0.05) is 0 Å². The van der Waals surface area contributed by atoms with Gasteiger partial charge in [-0.3, -0.25) is 9.36 Å². The number of nitriles is 1. The lowest BCUT2D eigenvalue weighted by molar-refractivity contribution is -0.138. The van der Waals surface area contributed by atoms with Crippen molar-refractivity contribution in [2.24, 2.45) is 0 Å². The number of hydrogen-bond acceptors (Lipinski definition) is 5. The van der Waals surface area contributed by atoms with Crippen LogP contribution in [0, 0.1) is 11.3 Å². The number of esters is 1. The molecule has 0 aliphatic rings. The first-order valence-electron chi connectivity index (χ1n) is 8.01. The number of hydrogen-bond donors (Lipinski definition) is 0. The highest BCUT2D eigenvalue weighted by Crippen LogP contribution is 2.32. The maximum absolute atomic E-state index is 13.1. The second-order valence-electron chi connectivity index (χ2n) is 5.71. The summed E-state index contributed by atoms with van der Waals surface area (Å²) in [5.41, 5.74) is -1.96. The Morgan fingerprint density at radius 3 is 2.54 bits per heavy atom. The Morgan fingerprint density at radius 2 is 1.82 bits per heavy atom. The molecule has 0 aliphatic carbocycles. The van der Waals surface area contributed by atoms with Crippen molar-refractivity contribution in [3.05, 3.63) is 75.8 Å². The van der Waals surface area contributed by atoms with E-state index < -0.39 is 35.4 Å². The van der Waals surface area contributed by atoms with E-state index in [0.717, 1.165) is 22.8 Å². The molecule has 2 aromatic carbocycles. The molecule has 0 amide bonds. The minimum atomic E-state index is -4.72. The van der Waals surface area contributed by atoms with E-state index in [-0.39, 0.29) is 17.8 Å². The van der Waals surface area contributed by atoms with Gasteiger partial charge in [0.25, 0.3) is 5.56 Å². The van der Waals surface area contributed by atoms with E-state index in [1.54, 1.807) is 18.2 Å². The molecular weight excluding hydrogens is 375 g/mol. The summed E-state index contributed by atoms with van der Waals surface area (Å²) in [4.78, 5) is 28.9. The number of rotatable bonds is 4. The zero-order valence-electron chi connectivity index (χ0n) is 14.2. The smallest absolute Gasteiger partial charge is 0.417 e. The zero-order valence-corrected chi connectivity index (χ0v) is 14.2. The quantitative estimate of drug-likeness (QED) is 0.642. The first kappa shape index (κ1) is 19.1. The summed E-state index contributed by atoms with van der Waals surface area (Å²) in [6.45, 7) is -0.907. The molecule has 1 aromatic heterocycles. The summed E-state index contributed by atoms with van der Waals surface area (Å²) >= 11 is 0. The van der Waals surface area contributed by atoms with E-state index in [1.165, 1.54) is 12.1 Å². The molecule has 0 saturated heterocycles. The van der Waals surface area contributed by atoms with Crippen LogP contribution in [0.1, 0.15) is 21.7 Å². The van der Waals surface area contributed by atoms with Crippen molar-refractivity contribution in [2.45, 2.75) is 19.3 Å². The number of carbonyl (C=O) groups is 1. The van der Waals surface area contributed by atoms with E-state index >= 15 is 0 Å². The SMILES string of the molecule is N#CCn1c(COC(=O)c2ccccc2C(F)(F)F)nc2ccccc2c1=O. The van der Waals surface area contributed by atoms with Gasteiger partial charge in [0.1, 0.15) is 13.2 Å². The lowest BCUT2D eigenvalue weighted by Crippen LogP contribution is -2.26. The molecule has 142 valence electrons. The summed E-state index contributed by atoms with van der Waals surface area (Å²) in [5, 5.41) is 9.23. The monoisotopic (exact) mass is 387 g/mol. The molecule has 0 saturated carbocycles. The molecule has 9 heteroatoms. The number of alkyl halides is 3. The first-order valence-corrected chi connectivity index (χ1v) is 8.01. The van der Waals surface area contributed by atoms with Crippen molar-refractivity contribution in [1.29, 1.82) is 5.26 Å². The van der Waals surface area contributed by atoms with E-state index in [1.807, 2.05) is 6.07 Å². The molecule has 3 aromatic rings.